The van der Waals surface area contributed by atoms with Crippen molar-refractivity contribution in [3.8, 4) is 0 Å². The maximum absolute atomic E-state index is 5.82. The van der Waals surface area contributed by atoms with Gasteiger partial charge in [-0.05, 0) is 34.1 Å². The molecular weight excluding hydrogens is 304 g/mol. The molecule has 0 aromatic heterocycles. The van der Waals surface area contributed by atoms with E-state index in [9.17, 15) is 0 Å². The SMILES string of the molecule is CC1CO1.CCCCCCCCC(C)C(OCC)(OCC)OCC. The number of unbranched alkanes of at least 4 members (excludes halogenated alkanes) is 5. The molecule has 1 fully saturated rings. The Balaban J connectivity index is 0.00000114. The molecule has 4 nitrogen and oxygen atoms in total. The molecule has 4 heteroatoms. The number of epoxide rings is 1. The van der Waals surface area contributed by atoms with Gasteiger partial charge in [-0.15, -0.1) is 0 Å². The van der Waals surface area contributed by atoms with Crippen molar-refractivity contribution in [2.45, 2.75) is 98.6 Å². The van der Waals surface area contributed by atoms with Gasteiger partial charge < -0.3 is 18.9 Å². The Morgan fingerprint density at radius 3 is 1.67 bits per heavy atom. The average molecular weight is 347 g/mol. The van der Waals surface area contributed by atoms with Gasteiger partial charge in [0.05, 0.1) is 12.7 Å². The molecule has 146 valence electrons. The normalized spacial score (nSPS) is 18.0. The summed E-state index contributed by atoms with van der Waals surface area (Å²) in [5.41, 5.74) is 0. The van der Waals surface area contributed by atoms with Gasteiger partial charge in [0.2, 0.25) is 0 Å². The van der Waals surface area contributed by atoms with Crippen LogP contribution in [0.25, 0.3) is 0 Å². The van der Waals surface area contributed by atoms with E-state index in [0.717, 1.165) is 13.0 Å². The Morgan fingerprint density at radius 2 is 1.29 bits per heavy atom. The van der Waals surface area contributed by atoms with Crippen LogP contribution in [0, 0.1) is 5.92 Å². The largest absolute Gasteiger partial charge is 0.373 e. The van der Waals surface area contributed by atoms with Crippen molar-refractivity contribution >= 4 is 0 Å². The minimum absolute atomic E-state index is 0.258. The van der Waals surface area contributed by atoms with E-state index < -0.39 is 5.97 Å². The molecule has 2 unspecified atom stereocenters. The first kappa shape index (κ1) is 23.8. The minimum Gasteiger partial charge on any atom is -0.373 e. The first-order valence-corrected chi connectivity index (χ1v) is 10.1. The molecule has 1 aliphatic rings. The smallest absolute Gasteiger partial charge is 0.285 e. The highest BCUT2D eigenvalue weighted by Crippen LogP contribution is 2.30. The van der Waals surface area contributed by atoms with Crippen molar-refractivity contribution in [2.24, 2.45) is 5.92 Å². The summed E-state index contributed by atoms with van der Waals surface area (Å²) in [4.78, 5) is 0. The quantitative estimate of drug-likeness (QED) is 0.235. The molecule has 1 rings (SSSR count). The molecule has 0 aliphatic carbocycles. The minimum atomic E-state index is -0.846. The predicted molar refractivity (Wildman–Crippen MR) is 100 cm³/mol. The van der Waals surface area contributed by atoms with Crippen LogP contribution in [-0.4, -0.2) is 38.5 Å². The molecule has 2 atom stereocenters. The van der Waals surface area contributed by atoms with Crippen molar-refractivity contribution in [2.75, 3.05) is 26.4 Å². The second-order valence-corrected chi connectivity index (χ2v) is 6.50. The maximum atomic E-state index is 5.82. The summed E-state index contributed by atoms with van der Waals surface area (Å²) in [7, 11) is 0. The van der Waals surface area contributed by atoms with Gasteiger partial charge in [-0.3, -0.25) is 0 Å². The lowest BCUT2D eigenvalue weighted by Crippen LogP contribution is -2.45. The fourth-order valence-corrected chi connectivity index (χ4v) is 2.66. The number of hydrogen-bond acceptors (Lipinski definition) is 4. The van der Waals surface area contributed by atoms with Crippen molar-refractivity contribution in [3.63, 3.8) is 0 Å². The van der Waals surface area contributed by atoms with Crippen LogP contribution in [0.1, 0.15) is 86.5 Å². The maximum Gasteiger partial charge on any atom is 0.285 e. The van der Waals surface area contributed by atoms with E-state index in [1.807, 2.05) is 20.8 Å². The van der Waals surface area contributed by atoms with Crippen LogP contribution in [0.15, 0.2) is 0 Å². The molecule has 1 saturated heterocycles. The summed E-state index contributed by atoms with van der Waals surface area (Å²) in [6.45, 7) is 15.3. The van der Waals surface area contributed by atoms with Crippen molar-refractivity contribution in [3.05, 3.63) is 0 Å². The first-order chi connectivity index (χ1) is 11.6. The fraction of sp³-hybridized carbons (Fsp3) is 1.00. The van der Waals surface area contributed by atoms with Gasteiger partial charge in [-0.2, -0.15) is 0 Å². The van der Waals surface area contributed by atoms with Crippen LogP contribution in [0.2, 0.25) is 0 Å². The lowest BCUT2D eigenvalue weighted by atomic mass is 9.99. The highest BCUT2D eigenvalue weighted by Gasteiger charge is 2.38. The molecule has 0 bridgehead atoms. The molecule has 0 amide bonds. The third-order valence-electron chi connectivity index (χ3n) is 4.13. The van der Waals surface area contributed by atoms with E-state index in [-0.39, 0.29) is 5.92 Å². The molecule has 0 aromatic carbocycles. The molecule has 1 heterocycles. The van der Waals surface area contributed by atoms with Crippen LogP contribution in [0.3, 0.4) is 0 Å². The molecular formula is C20H42O4. The Hall–Kier alpha value is -0.160. The summed E-state index contributed by atoms with van der Waals surface area (Å²) in [6, 6.07) is 0. The molecule has 0 radical (unpaired) electrons. The summed E-state index contributed by atoms with van der Waals surface area (Å²) in [5.74, 6) is -0.588. The monoisotopic (exact) mass is 346 g/mol. The summed E-state index contributed by atoms with van der Waals surface area (Å²) < 4.78 is 22.2. The third-order valence-corrected chi connectivity index (χ3v) is 4.13. The zero-order valence-electron chi connectivity index (χ0n) is 17.1. The van der Waals surface area contributed by atoms with Gasteiger partial charge in [0.1, 0.15) is 0 Å². The van der Waals surface area contributed by atoms with E-state index in [2.05, 4.69) is 20.8 Å². The van der Waals surface area contributed by atoms with E-state index in [4.69, 9.17) is 18.9 Å². The lowest BCUT2D eigenvalue weighted by molar-refractivity contribution is -0.400. The number of rotatable bonds is 14. The average Bonchev–Trinajstić information content (AvgIpc) is 3.34. The van der Waals surface area contributed by atoms with Crippen molar-refractivity contribution in [1.82, 2.24) is 0 Å². The second kappa shape index (κ2) is 15.1. The highest BCUT2D eigenvalue weighted by atomic mass is 16.9. The molecule has 0 aromatic rings. The van der Waals surface area contributed by atoms with Gasteiger partial charge in [0, 0.05) is 25.7 Å². The zero-order chi connectivity index (χ0) is 18.3. The second-order valence-electron chi connectivity index (χ2n) is 6.50. The van der Waals surface area contributed by atoms with E-state index in [0.29, 0.717) is 25.9 Å². The standard InChI is InChI=1S/C17H36O3.C3H6O/c1-6-10-11-12-13-14-15-16(5)17(18-7-2,19-8-3)20-9-4;1-3-2-4-3/h16H,6-15H2,1-5H3;3H,2H2,1H3. The van der Waals surface area contributed by atoms with Gasteiger partial charge in [-0.25, -0.2) is 0 Å². The summed E-state index contributed by atoms with van der Waals surface area (Å²) in [5, 5.41) is 0. The number of hydrogen-bond donors (Lipinski definition) is 0. The van der Waals surface area contributed by atoms with Gasteiger partial charge in [0.15, 0.2) is 0 Å². The Morgan fingerprint density at radius 1 is 0.875 bits per heavy atom. The van der Waals surface area contributed by atoms with Crippen LogP contribution in [-0.2, 0) is 18.9 Å². The Bertz CT molecular complexity index is 249. The summed E-state index contributed by atoms with van der Waals surface area (Å²) in [6.07, 6.45) is 9.55. The van der Waals surface area contributed by atoms with Gasteiger partial charge in [0.25, 0.3) is 5.97 Å². The lowest BCUT2D eigenvalue weighted by Gasteiger charge is -2.37. The van der Waals surface area contributed by atoms with Crippen molar-refractivity contribution in [1.29, 1.82) is 0 Å². The number of ether oxygens (including phenoxy) is 4. The molecule has 0 N–H and O–H groups in total. The third kappa shape index (κ3) is 11.4. The van der Waals surface area contributed by atoms with E-state index in [1.165, 1.54) is 38.5 Å². The van der Waals surface area contributed by atoms with Crippen LogP contribution >= 0.6 is 0 Å². The molecule has 0 spiro atoms. The topological polar surface area (TPSA) is 40.2 Å². The summed E-state index contributed by atoms with van der Waals surface area (Å²) >= 11 is 0. The molecule has 1 aliphatic heterocycles. The van der Waals surface area contributed by atoms with Gasteiger partial charge in [-0.1, -0.05) is 52.4 Å². The van der Waals surface area contributed by atoms with Crippen LogP contribution in [0.5, 0.6) is 0 Å². The van der Waals surface area contributed by atoms with Crippen LogP contribution in [0.4, 0.5) is 0 Å². The zero-order valence-corrected chi connectivity index (χ0v) is 17.1. The van der Waals surface area contributed by atoms with Crippen molar-refractivity contribution < 1.29 is 18.9 Å². The molecule has 24 heavy (non-hydrogen) atoms. The molecule has 0 saturated carbocycles. The predicted octanol–water partition coefficient (Wildman–Crippen LogP) is 5.54. The Kier molecular flexibility index (Phi) is 15.0. The highest BCUT2D eigenvalue weighted by molar-refractivity contribution is 4.68. The van der Waals surface area contributed by atoms with E-state index >= 15 is 0 Å². The fourth-order valence-electron chi connectivity index (χ4n) is 2.66. The first-order valence-electron chi connectivity index (χ1n) is 10.1. The van der Waals surface area contributed by atoms with Gasteiger partial charge >= 0.3 is 0 Å². The van der Waals surface area contributed by atoms with E-state index in [1.54, 1.807) is 0 Å². The Labute approximate surface area is 150 Å². The van der Waals surface area contributed by atoms with Crippen LogP contribution < -0.4 is 0 Å².